The number of hydrogen-bond acceptors (Lipinski definition) is 1. The molecule has 0 aliphatic carbocycles. The van der Waals surface area contributed by atoms with Gasteiger partial charge in [0.2, 0.25) is 0 Å². The van der Waals surface area contributed by atoms with E-state index in [1.807, 2.05) is 0 Å². The van der Waals surface area contributed by atoms with E-state index in [9.17, 15) is 0 Å². The molecule has 0 aliphatic rings. The normalized spacial score (nSPS) is 13.5. The Bertz CT molecular complexity index is 575. The highest BCUT2D eigenvalue weighted by Crippen LogP contribution is 2.36. The lowest BCUT2D eigenvalue weighted by molar-refractivity contribution is 0.355. The quantitative estimate of drug-likeness (QED) is 0.701. The SMILES string of the molecule is Cc1c(C)n(C)c2c1c(C(C)(C)C)nn2C(C)(C)C. The first-order valence-electron chi connectivity index (χ1n) is 7.02. The maximum absolute atomic E-state index is 4.95. The summed E-state index contributed by atoms with van der Waals surface area (Å²) in [4.78, 5) is 0. The van der Waals surface area contributed by atoms with E-state index in [1.165, 1.54) is 28.0 Å². The third-order valence-corrected chi connectivity index (χ3v) is 3.95. The van der Waals surface area contributed by atoms with Crippen LogP contribution in [0, 0.1) is 13.8 Å². The lowest BCUT2D eigenvalue weighted by Crippen LogP contribution is -2.25. The fourth-order valence-corrected chi connectivity index (χ4v) is 2.65. The van der Waals surface area contributed by atoms with Gasteiger partial charge in [0.25, 0.3) is 0 Å². The largest absolute Gasteiger partial charge is 0.333 e. The van der Waals surface area contributed by atoms with Crippen molar-refractivity contribution in [3.8, 4) is 0 Å². The van der Waals surface area contributed by atoms with Gasteiger partial charge in [-0.25, -0.2) is 4.68 Å². The maximum atomic E-state index is 4.95. The van der Waals surface area contributed by atoms with Gasteiger partial charge in [0.15, 0.2) is 0 Å². The Morgan fingerprint density at radius 1 is 0.947 bits per heavy atom. The van der Waals surface area contributed by atoms with Crippen LogP contribution < -0.4 is 0 Å². The van der Waals surface area contributed by atoms with E-state index in [-0.39, 0.29) is 11.0 Å². The summed E-state index contributed by atoms with van der Waals surface area (Å²) in [7, 11) is 2.14. The summed E-state index contributed by atoms with van der Waals surface area (Å²) in [5.41, 5.74) is 5.19. The molecule has 0 fully saturated rings. The average Bonchev–Trinajstić information content (AvgIpc) is 2.72. The zero-order valence-electron chi connectivity index (χ0n) is 13.8. The Kier molecular flexibility index (Phi) is 2.89. The van der Waals surface area contributed by atoms with Crippen molar-refractivity contribution in [3.63, 3.8) is 0 Å². The molecular formula is C16H27N3. The minimum atomic E-state index is -0.00720. The van der Waals surface area contributed by atoms with Crippen molar-refractivity contribution >= 4 is 11.0 Å². The van der Waals surface area contributed by atoms with Crippen molar-refractivity contribution in [2.45, 2.75) is 66.3 Å². The van der Waals surface area contributed by atoms with Gasteiger partial charge in [-0.2, -0.15) is 5.10 Å². The molecule has 2 heterocycles. The highest BCUT2D eigenvalue weighted by molar-refractivity contribution is 5.86. The van der Waals surface area contributed by atoms with Gasteiger partial charge in [0, 0.05) is 23.5 Å². The summed E-state index contributed by atoms with van der Waals surface area (Å²) in [5, 5.41) is 6.29. The van der Waals surface area contributed by atoms with Gasteiger partial charge < -0.3 is 4.57 Å². The standard InChI is InChI=1S/C16H27N3/c1-10-11(2)18(9)14-12(10)13(15(3,4)5)17-19(14)16(6,7)8/h1-9H3. The van der Waals surface area contributed by atoms with Gasteiger partial charge in [0.05, 0.1) is 11.2 Å². The molecule has 0 bridgehead atoms. The molecule has 3 heteroatoms. The summed E-state index contributed by atoms with van der Waals surface area (Å²) in [6, 6.07) is 0. The molecule has 0 N–H and O–H groups in total. The Labute approximate surface area is 116 Å². The summed E-state index contributed by atoms with van der Waals surface area (Å²) >= 11 is 0. The van der Waals surface area contributed by atoms with Crippen LogP contribution in [0.5, 0.6) is 0 Å². The van der Waals surface area contributed by atoms with Crippen LogP contribution >= 0.6 is 0 Å². The third kappa shape index (κ3) is 1.99. The summed E-state index contributed by atoms with van der Waals surface area (Å²) in [6.45, 7) is 17.8. The molecule has 0 amide bonds. The lowest BCUT2D eigenvalue weighted by atomic mass is 9.89. The Morgan fingerprint density at radius 2 is 1.47 bits per heavy atom. The molecule has 106 valence electrons. The van der Waals surface area contributed by atoms with Crippen LogP contribution in [0.1, 0.15) is 58.5 Å². The van der Waals surface area contributed by atoms with E-state index < -0.39 is 0 Å². The molecule has 3 nitrogen and oxygen atoms in total. The van der Waals surface area contributed by atoms with E-state index in [4.69, 9.17) is 5.10 Å². The minimum absolute atomic E-state index is 0.00720. The van der Waals surface area contributed by atoms with E-state index in [1.54, 1.807) is 0 Å². The molecule has 0 unspecified atom stereocenters. The van der Waals surface area contributed by atoms with E-state index in [0.29, 0.717) is 0 Å². The van der Waals surface area contributed by atoms with Gasteiger partial charge in [-0.1, -0.05) is 20.8 Å². The second kappa shape index (κ2) is 3.87. The van der Waals surface area contributed by atoms with Crippen molar-refractivity contribution in [1.29, 1.82) is 0 Å². The molecule has 2 aromatic heterocycles. The number of rotatable bonds is 0. The molecule has 19 heavy (non-hydrogen) atoms. The average molecular weight is 261 g/mol. The van der Waals surface area contributed by atoms with E-state index in [2.05, 4.69) is 71.7 Å². The molecule has 0 aliphatic heterocycles. The van der Waals surface area contributed by atoms with E-state index in [0.717, 1.165) is 0 Å². The fraction of sp³-hybridized carbons (Fsp3) is 0.688. The van der Waals surface area contributed by atoms with Crippen molar-refractivity contribution in [2.24, 2.45) is 7.05 Å². The van der Waals surface area contributed by atoms with Crippen LogP contribution in [0.15, 0.2) is 0 Å². The maximum Gasteiger partial charge on any atom is 0.139 e. The highest BCUT2D eigenvalue weighted by atomic mass is 15.4. The highest BCUT2D eigenvalue weighted by Gasteiger charge is 2.30. The zero-order valence-corrected chi connectivity index (χ0v) is 13.8. The Balaban J connectivity index is 2.98. The molecule has 0 aromatic carbocycles. The van der Waals surface area contributed by atoms with Gasteiger partial charge >= 0.3 is 0 Å². The van der Waals surface area contributed by atoms with Gasteiger partial charge in [-0.15, -0.1) is 0 Å². The van der Waals surface area contributed by atoms with Crippen LogP contribution in [0.2, 0.25) is 0 Å². The van der Waals surface area contributed by atoms with Crippen molar-refractivity contribution in [3.05, 3.63) is 17.0 Å². The van der Waals surface area contributed by atoms with Gasteiger partial charge in [-0.3, -0.25) is 0 Å². The number of hydrogen-bond donors (Lipinski definition) is 0. The Morgan fingerprint density at radius 3 is 1.89 bits per heavy atom. The topological polar surface area (TPSA) is 22.8 Å². The molecule has 0 saturated heterocycles. The smallest absolute Gasteiger partial charge is 0.139 e. The van der Waals surface area contributed by atoms with Crippen molar-refractivity contribution in [2.75, 3.05) is 0 Å². The number of aryl methyl sites for hydroxylation is 2. The van der Waals surface area contributed by atoms with E-state index >= 15 is 0 Å². The van der Waals surface area contributed by atoms with Crippen LogP contribution in [-0.4, -0.2) is 14.3 Å². The zero-order chi connectivity index (χ0) is 14.7. The predicted molar refractivity (Wildman–Crippen MR) is 81.9 cm³/mol. The molecule has 0 spiro atoms. The monoisotopic (exact) mass is 261 g/mol. The van der Waals surface area contributed by atoms with Crippen LogP contribution in [0.4, 0.5) is 0 Å². The Hall–Kier alpha value is -1.25. The molecule has 0 saturated carbocycles. The van der Waals surface area contributed by atoms with Crippen LogP contribution in [0.3, 0.4) is 0 Å². The van der Waals surface area contributed by atoms with Crippen molar-refractivity contribution < 1.29 is 0 Å². The summed E-state index contributed by atoms with van der Waals surface area (Å²) in [6.07, 6.45) is 0. The molecule has 2 rings (SSSR count). The predicted octanol–water partition coefficient (Wildman–Crippen LogP) is 4.04. The van der Waals surface area contributed by atoms with Crippen molar-refractivity contribution in [1.82, 2.24) is 14.3 Å². The number of aromatic nitrogens is 3. The lowest BCUT2D eigenvalue weighted by Gasteiger charge is -2.22. The first-order valence-corrected chi connectivity index (χ1v) is 7.02. The molecule has 2 aromatic rings. The first kappa shape index (κ1) is 14.2. The summed E-state index contributed by atoms with van der Waals surface area (Å²) in [5.74, 6) is 0. The number of fused-ring (bicyclic) bond motifs is 1. The fourth-order valence-electron chi connectivity index (χ4n) is 2.65. The minimum Gasteiger partial charge on any atom is -0.333 e. The van der Waals surface area contributed by atoms with Crippen LogP contribution in [-0.2, 0) is 18.0 Å². The molecular weight excluding hydrogens is 234 g/mol. The van der Waals surface area contributed by atoms with Gasteiger partial charge in [0.1, 0.15) is 5.65 Å². The molecule has 0 atom stereocenters. The third-order valence-electron chi connectivity index (χ3n) is 3.95. The first-order chi connectivity index (χ1) is 8.46. The number of nitrogens with zero attached hydrogens (tertiary/aromatic N) is 3. The second-order valence-corrected chi connectivity index (χ2v) is 7.65. The molecule has 0 radical (unpaired) electrons. The summed E-state index contributed by atoms with van der Waals surface area (Å²) < 4.78 is 4.46. The second-order valence-electron chi connectivity index (χ2n) is 7.65. The van der Waals surface area contributed by atoms with Crippen LogP contribution in [0.25, 0.3) is 11.0 Å². The van der Waals surface area contributed by atoms with Gasteiger partial charge in [-0.05, 0) is 40.2 Å².